The fourth-order valence-corrected chi connectivity index (χ4v) is 1.58. The number of rotatable bonds is 1. The SMILES string of the molecule is O=C1N=c2ccc(S(=O)(=O)O)cc2=N1. The number of urea groups is 1. The van der Waals surface area contributed by atoms with Gasteiger partial charge in [0.2, 0.25) is 0 Å². The molecule has 2 rings (SSSR count). The lowest BCUT2D eigenvalue weighted by molar-refractivity contribution is 0.256. The van der Waals surface area contributed by atoms with Crippen LogP contribution in [0.25, 0.3) is 0 Å². The van der Waals surface area contributed by atoms with Crippen LogP contribution < -0.4 is 10.7 Å². The van der Waals surface area contributed by atoms with Crippen LogP contribution in [-0.4, -0.2) is 19.0 Å². The van der Waals surface area contributed by atoms with Crippen molar-refractivity contribution in [2.45, 2.75) is 4.90 Å². The fourth-order valence-electron chi connectivity index (χ4n) is 1.08. The Morgan fingerprint density at radius 1 is 1.14 bits per heavy atom. The zero-order chi connectivity index (χ0) is 10.3. The molecule has 1 aromatic rings. The van der Waals surface area contributed by atoms with Gasteiger partial charge in [-0.2, -0.15) is 18.4 Å². The maximum absolute atomic E-state index is 10.7. The highest BCUT2D eigenvalue weighted by atomic mass is 32.2. The standard InChI is InChI=1S/C7H4N2O4S/c10-7-8-5-2-1-4(14(11,12)13)3-6(5)9-7/h1-3H,(H,11,12,13). The van der Waals surface area contributed by atoms with Gasteiger partial charge in [0, 0.05) is 0 Å². The van der Waals surface area contributed by atoms with Crippen molar-refractivity contribution in [1.29, 1.82) is 0 Å². The van der Waals surface area contributed by atoms with E-state index >= 15 is 0 Å². The van der Waals surface area contributed by atoms with E-state index in [2.05, 4.69) is 9.98 Å². The zero-order valence-electron chi connectivity index (χ0n) is 6.71. The summed E-state index contributed by atoms with van der Waals surface area (Å²) in [5.41, 5.74) is 0. The van der Waals surface area contributed by atoms with Crippen molar-refractivity contribution in [2.24, 2.45) is 9.98 Å². The summed E-state index contributed by atoms with van der Waals surface area (Å²) in [5.74, 6) is 0. The fraction of sp³-hybridized carbons (Fsp3) is 0. The molecule has 0 saturated heterocycles. The van der Waals surface area contributed by atoms with Crippen molar-refractivity contribution >= 4 is 16.1 Å². The van der Waals surface area contributed by atoms with Crippen molar-refractivity contribution in [3.05, 3.63) is 28.9 Å². The normalized spacial score (nSPS) is 14.5. The minimum absolute atomic E-state index is 0.158. The number of fused-ring (bicyclic) bond motifs is 1. The number of carbonyl (C=O) groups is 1. The third-order valence-electron chi connectivity index (χ3n) is 1.68. The Hall–Kier alpha value is -1.60. The van der Waals surface area contributed by atoms with Gasteiger partial charge in [-0.25, -0.2) is 4.79 Å². The molecule has 0 fully saturated rings. The quantitative estimate of drug-likeness (QED) is 0.623. The summed E-state index contributed by atoms with van der Waals surface area (Å²) in [5, 5.41) is 0.465. The molecule has 1 aromatic carbocycles. The van der Waals surface area contributed by atoms with E-state index in [1.54, 1.807) is 0 Å². The molecule has 0 bridgehead atoms. The summed E-state index contributed by atoms with van der Waals surface area (Å²) in [4.78, 5) is 17.4. The van der Waals surface area contributed by atoms with Gasteiger partial charge in [0.05, 0.1) is 15.6 Å². The van der Waals surface area contributed by atoms with Gasteiger partial charge in [0.15, 0.2) is 0 Å². The van der Waals surface area contributed by atoms with E-state index in [0.717, 1.165) is 12.1 Å². The largest absolute Gasteiger partial charge is 0.368 e. The second-order valence-electron chi connectivity index (χ2n) is 2.63. The second kappa shape index (κ2) is 2.69. The Morgan fingerprint density at radius 2 is 1.79 bits per heavy atom. The summed E-state index contributed by atoms with van der Waals surface area (Å²) in [7, 11) is -4.25. The van der Waals surface area contributed by atoms with Crippen LogP contribution in [0.1, 0.15) is 0 Å². The molecule has 0 radical (unpaired) electrons. The molecule has 14 heavy (non-hydrogen) atoms. The van der Waals surface area contributed by atoms with E-state index in [1.807, 2.05) is 0 Å². The van der Waals surface area contributed by atoms with Gasteiger partial charge in [-0.05, 0) is 18.2 Å². The van der Waals surface area contributed by atoms with Gasteiger partial charge in [-0.1, -0.05) is 0 Å². The van der Waals surface area contributed by atoms with E-state index in [-0.39, 0.29) is 10.3 Å². The number of hydrogen-bond donors (Lipinski definition) is 1. The van der Waals surface area contributed by atoms with Crippen molar-refractivity contribution < 1.29 is 17.8 Å². The summed E-state index contributed by atoms with van der Waals surface area (Å²) >= 11 is 0. The molecule has 72 valence electrons. The summed E-state index contributed by atoms with van der Waals surface area (Å²) in [6.07, 6.45) is 0. The monoisotopic (exact) mass is 212 g/mol. The molecule has 0 atom stereocenters. The van der Waals surface area contributed by atoms with Crippen LogP contribution in [0, 0.1) is 0 Å². The Labute approximate surface area is 78.4 Å². The van der Waals surface area contributed by atoms with E-state index in [0.29, 0.717) is 5.36 Å². The first-order valence-electron chi connectivity index (χ1n) is 3.56. The van der Waals surface area contributed by atoms with Gasteiger partial charge in [-0.15, -0.1) is 0 Å². The minimum atomic E-state index is -4.25. The van der Waals surface area contributed by atoms with Crippen molar-refractivity contribution in [3.8, 4) is 0 Å². The third kappa shape index (κ3) is 1.42. The molecular weight excluding hydrogens is 208 g/mol. The topological polar surface area (TPSA) is 96.2 Å². The molecule has 0 aromatic heterocycles. The minimum Gasteiger partial charge on any atom is -0.282 e. The molecule has 0 saturated carbocycles. The van der Waals surface area contributed by atoms with Gasteiger partial charge < -0.3 is 0 Å². The van der Waals surface area contributed by atoms with Crippen LogP contribution in [0.3, 0.4) is 0 Å². The maximum Gasteiger partial charge on any atom is 0.368 e. The van der Waals surface area contributed by atoms with E-state index in [4.69, 9.17) is 4.55 Å². The predicted molar refractivity (Wildman–Crippen MR) is 44.0 cm³/mol. The Kier molecular flexibility index (Phi) is 1.73. The summed E-state index contributed by atoms with van der Waals surface area (Å²) in [6, 6.07) is 2.89. The summed E-state index contributed by atoms with van der Waals surface area (Å²) < 4.78 is 30.1. The Balaban J connectivity index is 2.79. The number of amides is 2. The smallest absolute Gasteiger partial charge is 0.282 e. The molecule has 0 aliphatic carbocycles. The van der Waals surface area contributed by atoms with Crippen LogP contribution in [-0.2, 0) is 10.1 Å². The van der Waals surface area contributed by atoms with E-state index in [1.165, 1.54) is 6.07 Å². The highest BCUT2D eigenvalue weighted by molar-refractivity contribution is 7.85. The van der Waals surface area contributed by atoms with Crippen LogP contribution in [0.5, 0.6) is 0 Å². The molecule has 0 spiro atoms. The van der Waals surface area contributed by atoms with Crippen LogP contribution in [0.15, 0.2) is 33.1 Å². The summed E-state index contributed by atoms with van der Waals surface area (Å²) in [6.45, 7) is 0. The number of benzene rings is 1. The lowest BCUT2D eigenvalue weighted by atomic mass is 10.3. The van der Waals surface area contributed by atoms with E-state index in [9.17, 15) is 13.2 Å². The first kappa shape index (κ1) is 8.97. The lowest BCUT2D eigenvalue weighted by Crippen LogP contribution is -2.22. The Morgan fingerprint density at radius 3 is 2.43 bits per heavy atom. The van der Waals surface area contributed by atoms with Crippen LogP contribution in [0.4, 0.5) is 4.79 Å². The average molecular weight is 212 g/mol. The van der Waals surface area contributed by atoms with Crippen LogP contribution >= 0.6 is 0 Å². The maximum atomic E-state index is 10.7. The third-order valence-corrected chi connectivity index (χ3v) is 2.53. The molecule has 1 aliphatic rings. The zero-order valence-corrected chi connectivity index (χ0v) is 7.52. The first-order chi connectivity index (χ1) is 6.47. The van der Waals surface area contributed by atoms with Crippen LogP contribution in [0.2, 0.25) is 0 Å². The number of hydrogen-bond acceptors (Lipinski definition) is 3. The molecule has 1 aliphatic heterocycles. The van der Waals surface area contributed by atoms with Gasteiger partial charge >= 0.3 is 6.03 Å². The Bertz CT molecular complexity index is 632. The van der Waals surface area contributed by atoms with Crippen molar-refractivity contribution in [1.82, 2.24) is 0 Å². The molecular formula is C7H4N2O4S. The molecule has 1 N–H and O–H groups in total. The molecule has 2 amide bonds. The van der Waals surface area contributed by atoms with Crippen molar-refractivity contribution in [2.75, 3.05) is 0 Å². The molecule has 0 unspecified atom stereocenters. The molecule has 1 heterocycles. The number of nitrogens with zero attached hydrogens (tertiary/aromatic N) is 2. The lowest BCUT2D eigenvalue weighted by Gasteiger charge is -1.93. The van der Waals surface area contributed by atoms with Crippen molar-refractivity contribution in [3.63, 3.8) is 0 Å². The number of carbonyl (C=O) groups excluding carboxylic acids is 1. The predicted octanol–water partition coefficient (Wildman–Crippen LogP) is -0.694. The second-order valence-corrected chi connectivity index (χ2v) is 4.05. The van der Waals surface area contributed by atoms with E-state index < -0.39 is 16.1 Å². The van der Waals surface area contributed by atoms with Gasteiger partial charge in [-0.3, -0.25) is 4.55 Å². The molecule has 7 heteroatoms. The first-order valence-corrected chi connectivity index (χ1v) is 5.00. The van der Waals surface area contributed by atoms with Gasteiger partial charge in [0.1, 0.15) is 0 Å². The van der Waals surface area contributed by atoms with Gasteiger partial charge in [0.25, 0.3) is 10.1 Å². The average Bonchev–Trinajstić information content (AvgIpc) is 2.41. The highest BCUT2D eigenvalue weighted by Crippen LogP contribution is 2.02. The molecule has 6 nitrogen and oxygen atoms in total. The highest BCUT2D eigenvalue weighted by Gasteiger charge is 2.12.